The van der Waals surface area contributed by atoms with Crippen LogP contribution in [-0.4, -0.2) is 30.2 Å². The summed E-state index contributed by atoms with van der Waals surface area (Å²) in [5.74, 6) is 1.62. The minimum absolute atomic E-state index is 0. The van der Waals surface area contributed by atoms with Crippen LogP contribution < -0.4 is 17.7 Å². The van der Waals surface area contributed by atoms with E-state index >= 15 is 0 Å². The Kier molecular flexibility index (Phi) is 6.32. The summed E-state index contributed by atoms with van der Waals surface area (Å²) in [5, 5.41) is 4.44. The molecule has 120 valence electrons. The summed E-state index contributed by atoms with van der Waals surface area (Å²) in [6, 6.07) is 18.1. The van der Waals surface area contributed by atoms with E-state index in [-0.39, 0.29) is 12.4 Å². The lowest BCUT2D eigenvalue weighted by Crippen LogP contribution is -3.00. The molecule has 3 rings (SSSR count). The van der Waals surface area contributed by atoms with Crippen LogP contribution in [0, 0.1) is 0 Å². The fourth-order valence-corrected chi connectivity index (χ4v) is 2.35. The van der Waals surface area contributed by atoms with Crippen LogP contribution in [0.2, 0.25) is 0 Å². The monoisotopic (exact) mass is 328 g/mol. The predicted octanol–water partition coefficient (Wildman–Crippen LogP) is 0.749. The van der Waals surface area contributed by atoms with E-state index in [0.717, 1.165) is 47.7 Å². The van der Waals surface area contributed by atoms with E-state index in [1.807, 2.05) is 54.6 Å². The summed E-state index contributed by atoms with van der Waals surface area (Å²) in [7, 11) is 1.72. The second-order valence-corrected chi connectivity index (χ2v) is 5.05. The number of hydrogen-bond acceptors (Lipinski definition) is 4. The van der Waals surface area contributed by atoms with Crippen molar-refractivity contribution >= 4 is 16.7 Å². The highest BCUT2D eigenvalue weighted by Crippen LogP contribution is 2.24. The van der Waals surface area contributed by atoms with Gasteiger partial charge in [0.25, 0.3) is 0 Å². The first kappa shape index (κ1) is 17.2. The number of rotatable bonds is 6. The quantitative estimate of drug-likeness (QED) is 0.678. The van der Waals surface area contributed by atoms with Crippen LogP contribution in [0.3, 0.4) is 0 Å². The molecule has 3 aromatic rings. The molecule has 0 atom stereocenters. The Balaban J connectivity index is 0.00000192. The Bertz CT molecular complexity index is 750. The summed E-state index contributed by atoms with van der Waals surface area (Å²) in [5.41, 5.74) is 1.97. The number of aromatic nitrogens is 2. The number of benzene rings is 2. The Morgan fingerprint density at radius 2 is 1.70 bits per heavy atom. The summed E-state index contributed by atoms with van der Waals surface area (Å²) in [6.07, 6.45) is 0.940. The van der Waals surface area contributed by atoms with Gasteiger partial charge in [-0.05, 0) is 18.6 Å². The normalized spacial score (nSPS) is 10.3. The van der Waals surface area contributed by atoms with E-state index in [1.165, 1.54) is 0 Å². The van der Waals surface area contributed by atoms with Crippen LogP contribution in [-0.2, 0) is 4.74 Å². The van der Waals surface area contributed by atoms with Crippen molar-refractivity contribution in [3.05, 3.63) is 54.6 Å². The molecule has 0 aliphatic rings. The Morgan fingerprint density at radius 1 is 0.957 bits per heavy atom. The number of nitrogens with zero attached hydrogens (tertiary/aromatic N) is 2. The zero-order chi connectivity index (χ0) is 15.2. The molecule has 1 aromatic heterocycles. The molecule has 1 N–H and O–H groups in total. The Morgan fingerprint density at radius 3 is 2.48 bits per heavy atom. The van der Waals surface area contributed by atoms with Gasteiger partial charge in [-0.25, -0.2) is 9.97 Å². The van der Waals surface area contributed by atoms with Crippen LogP contribution >= 0.6 is 0 Å². The number of fused-ring (bicyclic) bond motifs is 1. The maximum Gasteiger partial charge on any atom is 0.162 e. The fourth-order valence-electron chi connectivity index (χ4n) is 2.35. The van der Waals surface area contributed by atoms with Gasteiger partial charge in [-0.1, -0.05) is 42.5 Å². The number of hydrogen-bond donors (Lipinski definition) is 1. The molecule has 5 heteroatoms. The van der Waals surface area contributed by atoms with E-state index in [4.69, 9.17) is 9.72 Å². The zero-order valence-electron chi connectivity index (χ0n) is 13.0. The molecule has 0 unspecified atom stereocenters. The lowest BCUT2D eigenvalue weighted by molar-refractivity contribution is -0.00000490. The first-order chi connectivity index (χ1) is 10.9. The van der Waals surface area contributed by atoms with Gasteiger partial charge >= 0.3 is 0 Å². The van der Waals surface area contributed by atoms with Crippen molar-refractivity contribution < 1.29 is 17.1 Å². The average Bonchev–Trinajstić information content (AvgIpc) is 2.59. The standard InChI is InChI=1S/C18H19N3O.ClH/c1-22-13-7-12-19-18-15-10-5-6-11-16(15)20-17(21-18)14-8-3-2-4-9-14;/h2-6,8-11H,7,12-13H2,1H3,(H,19,20,21);1H/p-1. The minimum Gasteiger partial charge on any atom is -1.00 e. The van der Waals surface area contributed by atoms with Crippen LogP contribution in [0.25, 0.3) is 22.3 Å². The highest BCUT2D eigenvalue weighted by Gasteiger charge is 2.08. The molecule has 23 heavy (non-hydrogen) atoms. The highest BCUT2D eigenvalue weighted by atomic mass is 35.5. The molecule has 0 fully saturated rings. The van der Waals surface area contributed by atoms with Gasteiger partial charge in [0, 0.05) is 31.2 Å². The van der Waals surface area contributed by atoms with E-state index in [2.05, 4.69) is 10.3 Å². The number of anilines is 1. The molecule has 0 spiro atoms. The van der Waals surface area contributed by atoms with Crippen molar-refractivity contribution in [1.29, 1.82) is 0 Å². The molecule has 4 nitrogen and oxygen atoms in total. The molecule has 0 amide bonds. The SMILES string of the molecule is COCCCNc1nc(-c2ccccc2)nc2ccccc12.[Cl-]. The number of methoxy groups -OCH3 is 1. The minimum atomic E-state index is 0. The molecule has 0 aliphatic heterocycles. The Labute approximate surface area is 142 Å². The summed E-state index contributed by atoms with van der Waals surface area (Å²) in [4.78, 5) is 9.38. The number of nitrogens with one attached hydrogen (secondary N) is 1. The molecule has 0 saturated carbocycles. The first-order valence-corrected chi connectivity index (χ1v) is 7.43. The average molecular weight is 329 g/mol. The third kappa shape index (κ3) is 4.18. The predicted molar refractivity (Wildman–Crippen MR) is 90.0 cm³/mol. The summed E-state index contributed by atoms with van der Waals surface area (Å²) in [6.45, 7) is 1.56. The van der Waals surface area contributed by atoms with Crippen molar-refractivity contribution in [1.82, 2.24) is 9.97 Å². The van der Waals surface area contributed by atoms with Crippen molar-refractivity contribution in [3.63, 3.8) is 0 Å². The van der Waals surface area contributed by atoms with Crippen LogP contribution in [0.15, 0.2) is 54.6 Å². The molecule has 0 radical (unpaired) electrons. The van der Waals surface area contributed by atoms with Gasteiger partial charge in [-0.2, -0.15) is 0 Å². The van der Waals surface area contributed by atoms with Gasteiger partial charge in [-0.3, -0.25) is 0 Å². The van der Waals surface area contributed by atoms with Gasteiger partial charge < -0.3 is 22.5 Å². The number of ether oxygens (including phenoxy) is 1. The Hall–Kier alpha value is -2.17. The molecular weight excluding hydrogens is 310 g/mol. The van der Waals surface area contributed by atoms with Crippen LogP contribution in [0.1, 0.15) is 6.42 Å². The van der Waals surface area contributed by atoms with Crippen molar-refractivity contribution in [2.45, 2.75) is 6.42 Å². The third-order valence-corrected chi connectivity index (χ3v) is 3.45. The van der Waals surface area contributed by atoms with Crippen molar-refractivity contribution in [2.24, 2.45) is 0 Å². The molecule has 0 aliphatic carbocycles. The summed E-state index contributed by atoms with van der Waals surface area (Å²) < 4.78 is 5.09. The van der Waals surface area contributed by atoms with Gasteiger partial charge in [0.05, 0.1) is 5.52 Å². The van der Waals surface area contributed by atoms with E-state index < -0.39 is 0 Å². The third-order valence-electron chi connectivity index (χ3n) is 3.45. The second kappa shape index (κ2) is 8.46. The molecular formula is C18H19ClN3O-. The van der Waals surface area contributed by atoms with Gasteiger partial charge in [0.1, 0.15) is 5.82 Å². The van der Waals surface area contributed by atoms with Gasteiger partial charge in [0.15, 0.2) is 5.82 Å². The van der Waals surface area contributed by atoms with E-state index in [0.29, 0.717) is 0 Å². The van der Waals surface area contributed by atoms with Gasteiger partial charge in [-0.15, -0.1) is 0 Å². The van der Waals surface area contributed by atoms with Crippen LogP contribution in [0.5, 0.6) is 0 Å². The number of halogens is 1. The summed E-state index contributed by atoms with van der Waals surface area (Å²) >= 11 is 0. The second-order valence-electron chi connectivity index (χ2n) is 5.05. The van der Waals surface area contributed by atoms with Crippen LogP contribution in [0.4, 0.5) is 5.82 Å². The van der Waals surface area contributed by atoms with E-state index in [9.17, 15) is 0 Å². The maximum absolute atomic E-state index is 5.09. The molecule has 0 bridgehead atoms. The van der Waals surface area contributed by atoms with E-state index in [1.54, 1.807) is 7.11 Å². The van der Waals surface area contributed by atoms with Crippen molar-refractivity contribution in [2.75, 3.05) is 25.6 Å². The zero-order valence-corrected chi connectivity index (χ0v) is 13.8. The molecule has 0 saturated heterocycles. The topological polar surface area (TPSA) is 47.0 Å². The maximum atomic E-state index is 5.09. The number of para-hydroxylation sites is 1. The largest absolute Gasteiger partial charge is 1.00 e. The molecule has 2 aromatic carbocycles. The fraction of sp³-hybridized carbons (Fsp3) is 0.222. The smallest absolute Gasteiger partial charge is 0.162 e. The lowest BCUT2D eigenvalue weighted by atomic mass is 10.2. The molecule has 1 heterocycles. The highest BCUT2D eigenvalue weighted by molar-refractivity contribution is 5.90. The van der Waals surface area contributed by atoms with Gasteiger partial charge in [0.2, 0.25) is 0 Å². The van der Waals surface area contributed by atoms with Crippen molar-refractivity contribution in [3.8, 4) is 11.4 Å². The first-order valence-electron chi connectivity index (χ1n) is 7.43. The lowest BCUT2D eigenvalue weighted by Gasteiger charge is -2.10.